The Morgan fingerprint density at radius 3 is 2.83 bits per heavy atom. The van der Waals surface area contributed by atoms with Gasteiger partial charge in [-0.1, -0.05) is 23.2 Å². The minimum atomic E-state index is -0.281. The fraction of sp³-hybridized carbons (Fsp3) is 0. The second-order valence-corrected chi connectivity index (χ2v) is 7.13. The Bertz CT molecular complexity index is 885. The number of nitrogens with zero attached hydrogens (tertiary/aromatic N) is 2. The van der Waals surface area contributed by atoms with Crippen LogP contribution in [-0.4, -0.2) is 15.9 Å². The molecular formula is C15H8BrCl2N3OS. The Hall–Kier alpha value is -1.47. The average molecular weight is 429 g/mol. The number of pyridine rings is 1. The van der Waals surface area contributed by atoms with E-state index >= 15 is 0 Å². The summed E-state index contributed by atoms with van der Waals surface area (Å²) in [6.45, 7) is 0. The van der Waals surface area contributed by atoms with Crippen LogP contribution >= 0.6 is 50.5 Å². The first-order chi connectivity index (χ1) is 11.0. The molecule has 0 atom stereocenters. The van der Waals surface area contributed by atoms with Crippen molar-refractivity contribution in [2.45, 2.75) is 0 Å². The molecule has 3 aromatic rings. The maximum Gasteiger partial charge on any atom is 0.259 e. The number of carbonyl (C=O) groups excluding carboxylic acids is 1. The van der Waals surface area contributed by atoms with Crippen molar-refractivity contribution in [1.29, 1.82) is 0 Å². The molecule has 1 amide bonds. The van der Waals surface area contributed by atoms with E-state index in [-0.39, 0.29) is 5.91 Å². The highest BCUT2D eigenvalue weighted by Gasteiger charge is 2.12. The predicted octanol–water partition coefficient (Wildman–Crippen LogP) is 5.53. The fourth-order valence-electron chi connectivity index (χ4n) is 1.85. The normalized spacial score (nSPS) is 10.6. The van der Waals surface area contributed by atoms with E-state index in [2.05, 4.69) is 31.2 Å². The predicted molar refractivity (Wildman–Crippen MR) is 97.5 cm³/mol. The first-order valence-electron chi connectivity index (χ1n) is 6.36. The van der Waals surface area contributed by atoms with Crippen molar-refractivity contribution in [1.82, 2.24) is 9.97 Å². The van der Waals surface area contributed by atoms with Crippen molar-refractivity contribution in [2.24, 2.45) is 0 Å². The Labute approximate surface area is 154 Å². The van der Waals surface area contributed by atoms with E-state index in [9.17, 15) is 4.79 Å². The molecule has 0 bridgehead atoms. The smallest absolute Gasteiger partial charge is 0.259 e. The second kappa shape index (κ2) is 6.97. The Morgan fingerprint density at radius 2 is 2.04 bits per heavy atom. The van der Waals surface area contributed by atoms with Crippen LogP contribution in [0.5, 0.6) is 0 Å². The Kier molecular flexibility index (Phi) is 4.96. The maximum atomic E-state index is 12.2. The summed E-state index contributed by atoms with van der Waals surface area (Å²) in [5.74, 6) is -0.281. The van der Waals surface area contributed by atoms with Crippen molar-refractivity contribution < 1.29 is 4.79 Å². The fourth-order valence-corrected chi connectivity index (χ4v) is 3.31. The number of hydrogen-bond acceptors (Lipinski definition) is 4. The molecule has 0 aliphatic carbocycles. The van der Waals surface area contributed by atoms with Gasteiger partial charge in [0.1, 0.15) is 0 Å². The summed E-state index contributed by atoms with van der Waals surface area (Å²) in [7, 11) is 0. The molecule has 2 heterocycles. The van der Waals surface area contributed by atoms with E-state index in [1.54, 1.807) is 30.5 Å². The average Bonchev–Trinajstić information content (AvgIpc) is 2.98. The number of halogens is 3. The SMILES string of the molecule is O=C(Nc1nc(-c2cc(Cl)ccc2Cl)cs1)c1cncc(Br)c1. The molecule has 2 aromatic heterocycles. The number of carbonyl (C=O) groups is 1. The molecule has 1 aromatic carbocycles. The summed E-state index contributed by atoms with van der Waals surface area (Å²) in [6.07, 6.45) is 3.10. The highest BCUT2D eigenvalue weighted by molar-refractivity contribution is 9.10. The lowest BCUT2D eigenvalue weighted by atomic mass is 10.2. The van der Waals surface area contributed by atoms with Crippen molar-refractivity contribution in [2.75, 3.05) is 5.32 Å². The standard InChI is InChI=1S/C15H8BrCl2N3OS/c16-9-3-8(5-19-6-9)14(22)21-15-20-13(7-23-15)11-4-10(17)1-2-12(11)18/h1-7H,(H,20,21,22). The molecule has 0 spiro atoms. The van der Waals surface area contributed by atoms with Gasteiger partial charge >= 0.3 is 0 Å². The molecule has 0 aliphatic heterocycles. The van der Waals surface area contributed by atoms with Gasteiger partial charge in [-0.2, -0.15) is 0 Å². The molecule has 23 heavy (non-hydrogen) atoms. The minimum absolute atomic E-state index is 0.281. The Morgan fingerprint density at radius 1 is 1.22 bits per heavy atom. The zero-order chi connectivity index (χ0) is 16.4. The third-order valence-electron chi connectivity index (χ3n) is 2.90. The molecule has 0 saturated heterocycles. The number of aromatic nitrogens is 2. The maximum absolute atomic E-state index is 12.2. The summed E-state index contributed by atoms with van der Waals surface area (Å²) in [6, 6.07) is 6.85. The number of nitrogens with one attached hydrogen (secondary N) is 1. The summed E-state index contributed by atoms with van der Waals surface area (Å²) in [4.78, 5) is 20.5. The molecule has 1 N–H and O–H groups in total. The molecule has 0 aliphatic rings. The van der Waals surface area contributed by atoms with Crippen molar-refractivity contribution in [3.8, 4) is 11.3 Å². The van der Waals surface area contributed by atoms with E-state index in [4.69, 9.17) is 23.2 Å². The molecule has 8 heteroatoms. The third kappa shape index (κ3) is 3.90. The van der Waals surface area contributed by atoms with Gasteiger partial charge in [0.15, 0.2) is 5.13 Å². The van der Waals surface area contributed by atoms with Crippen LogP contribution in [-0.2, 0) is 0 Å². The number of hydrogen-bond donors (Lipinski definition) is 1. The number of anilines is 1. The van der Waals surface area contributed by atoms with Crippen LogP contribution in [0.25, 0.3) is 11.3 Å². The van der Waals surface area contributed by atoms with Gasteiger partial charge in [0.25, 0.3) is 5.91 Å². The lowest BCUT2D eigenvalue weighted by Gasteiger charge is -2.02. The van der Waals surface area contributed by atoms with Crippen LogP contribution < -0.4 is 5.32 Å². The van der Waals surface area contributed by atoms with E-state index < -0.39 is 0 Å². The van der Waals surface area contributed by atoms with E-state index in [1.807, 2.05) is 5.38 Å². The summed E-state index contributed by atoms with van der Waals surface area (Å²) in [5, 5.41) is 6.15. The molecule has 0 fully saturated rings. The minimum Gasteiger partial charge on any atom is -0.298 e. The molecule has 0 saturated carbocycles. The monoisotopic (exact) mass is 427 g/mol. The van der Waals surface area contributed by atoms with Crippen LogP contribution in [0.3, 0.4) is 0 Å². The molecule has 0 radical (unpaired) electrons. The van der Waals surface area contributed by atoms with Gasteiger partial charge in [0.05, 0.1) is 16.3 Å². The highest BCUT2D eigenvalue weighted by Crippen LogP contribution is 2.32. The number of thiazole rings is 1. The van der Waals surface area contributed by atoms with Gasteiger partial charge in [-0.15, -0.1) is 11.3 Å². The van der Waals surface area contributed by atoms with Gasteiger partial charge in [-0.25, -0.2) is 4.98 Å². The van der Waals surface area contributed by atoms with Crippen LogP contribution in [0, 0.1) is 0 Å². The first kappa shape index (κ1) is 16.4. The number of amides is 1. The summed E-state index contributed by atoms with van der Waals surface area (Å²) < 4.78 is 0.732. The van der Waals surface area contributed by atoms with E-state index in [1.165, 1.54) is 17.5 Å². The molecule has 3 rings (SSSR count). The van der Waals surface area contributed by atoms with Crippen LogP contribution in [0.1, 0.15) is 10.4 Å². The topological polar surface area (TPSA) is 54.9 Å². The van der Waals surface area contributed by atoms with Gasteiger partial charge in [-0.3, -0.25) is 15.1 Å². The summed E-state index contributed by atoms with van der Waals surface area (Å²) >= 11 is 16.7. The molecular weight excluding hydrogens is 421 g/mol. The van der Waals surface area contributed by atoms with Gasteiger partial charge < -0.3 is 0 Å². The lowest BCUT2D eigenvalue weighted by Crippen LogP contribution is -2.11. The van der Waals surface area contributed by atoms with E-state index in [0.717, 1.165) is 10.0 Å². The van der Waals surface area contributed by atoms with Crippen LogP contribution in [0.4, 0.5) is 5.13 Å². The first-order valence-corrected chi connectivity index (χ1v) is 8.78. The largest absolute Gasteiger partial charge is 0.298 e. The van der Waals surface area contributed by atoms with Gasteiger partial charge in [0, 0.05) is 32.8 Å². The van der Waals surface area contributed by atoms with Gasteiger partial charge in [-0.05, 0) is 40.2 Å². The zero-order valence-corrected chi connectivity index (χ0v) is 15.3. The number of benzene rings is 1. The van der Waals surface area contributed by atoms with Crippen LogP contribution in [0.2, 0.25) is 10.0 Å². The van der Waals surface area contributed by atoms with Gasteiger partial charge in [0.2, 0.25) is 0 Å². The molecule has 116 valence electrons. The zero-order valence-electron chi connectivity index (χ0n) is 11.4. The van der Waals surface area contributed by atoms with E-state index in [0.29, 0.717) is 26.4 Å². The van der Waals surface area contributed by atoms with Crippen LogP contribution in [0.15, 0.2) is 46.5 Å². The Balaban J connectivity index is 1.82. The quantitative estimate of drug-likeness (QED) is 0.596. The molecule has 0 unspecified atom stereocenters. The second-order valence-electron chi connectivity index (χ2n) is 4.51. The molecule has 4 nitrogen and oxygen atoms in total. The summed E-state index contributed by atoms with van der Waals surface area (Å²) in [5.41, 5.74) is 1.82. The van der Waals surface area contributed by atoms with Crippen molar-refractivity contribution >= 4 is 61.5 Å². The highest BCUT2D eigenvalue weighted by atomic mass is 79.9. The number of rotatable bonds is 3. The van der Waals surface area contributed by atoms with Crippen molar-refractivity contribution in [3.05, 3.63) is 62.1 Å². The lowest BCUT2D eigenvalue weighted by molar-refractivity contribution is 0.102. The third-order valence-corrected chi connectivity index (χ3v) is 4.65. The van der Waals surface area contributed by atoms with Crippen molar-refractivity contribution in [3.63, 3.8) is 0 Å².